The van der Waals surface area contributed by atoms with E-state index in [1.165, 1.54) is 12.1 Å². The largest absolute Gasteiger partial charge is 0.380 e. The second-order valence-electron chi connectivity index (χ2n) is 3.71. The Labute approximate surface area is 132 Å². The van der Waals surface area contributed by atoms with Gasteiger partial charge in [0.1, 0.15) is 5.82 Å². The lowest BCUT2D eigenvalue weighted by atomic mass is 10.2. The van der Waals surface area contributed by atoms with Crippen molar-refractivity contribution in [1.82, 2.24) is 0 Å². The van der Waals surface area contributed by atoms with E-state index in [0.29, 0.717) is 11.6 Å². The van der Waals surface area contributed by atoms with Crippen molar-refractivity contribution in [3.8, 4) is 0 Å². The zero-order valence-corrected chi connectivity index (χ0v) is 13.7. The molecule has 0 saturated heterocycles. The maximum absolute atomic E-state index is 13.0. The highest BCUT2D eigenvalue weighted by Crippen LogP contribution is 2.24. The minimum Gasteiger partial charge on any atom is -0.380 e. The fourth-order valence-electron chi connectivity index (χ4n) is 1.49. The summed E-state index contributed by atoms with van der Waals surface area (Å²) in [5, 5.41) is 3.97. The van der Waals surface area contributed by atoms with Gasteiger partial charge in [0.25, 0.3) is 0 Å². The minimum absolute atomic E-state index is 0.224. The Balaban J connectivity index is 2.11. The molecule has 0 radical (unpaired) electrons. The monoisotopic (exact) mass is 439 g/mol. The van der Waals surface area contributed by atoms with Gasteiger partial charge in [0, 0.05) is 25.3 Å². The van der Waals surface area contributed by atoms with Crippen LogP contribution in [0, 0.1) is 9.39 Å². The van der Waals surface area contributed by atoms with Crippen molar-refractivity contribution in [3.63, 3.8) is 0 Å². The van der Waals surface area contributed by atoms with Gasteiger partial charge in [-0.05, 0) is 58.5 Å². The third-order valence-electron chi connectivity index (χ3n) is 2.42. The standard InChI is InChI=1S/C13H9BrClFIN/c14-11-5-9(15)2-1-8(11)7-18-13-4-3-10(16)6-12(13)17/h1-6,18H,7H2. The van der Waals surface area contributed by atoms with Crippen LogP contribution in [0.4, 0.5) is 10.1 Å². The van der Waals surface area contributed by atoms with Crippen LogP contribution in [0.2, 0.25) is 5.02 Å². The number of benzene rings is 2. The average molecular weight is 440 g/mol. The molecule has 0 spiro atoms. The summed E-state index contributed by atoms with van der Waals surface area (Å²) in [5.74, 6) is -0.224. The highest BCUT2D eigenvalue weighted by atomic mass is 127. The molecule has 0 saturated carbocycles. The van der Waals surface area contributed by atoms with E-state index >= 15 is 0 Å². The van der Waals surface area contributed by atoms with Crippen LogP contribution >= 0.6 is 50.1 Å². The van der Waals surface area contributed by atoms with E-state index in [0.717, 1.165) is 19.3 Å². The first-order valence-electron chi connectivity index (χ1n) is 5.19. The molecule has 2 aromatic carbocycles. The third kappa shape index (κ3) is 3.59. The van der Waals surface area contributed by atoms with Gasteiger partial charge in [-0.15, -0.1) is 0 Å². The first kappa shape index (κ1) is 14.1. The minimum atomic E-state index is -0.224. The molecule has 0 aliphatic heterocycles. The summed E-state index contributed by atoms with van der Waals surface area (Å²) in [6.45, 7) is 0.652. The van der Waals surface area contributed by atoms with E-state index < -0.39 is 0 Å². The first-order valence-corrected chi connectivity index (χ1v) is 7.44. The predicted molar refractivity (Wildman–Crippen MR) is 85.6 cm³/mol. The van der Waals surface area contributed by atoms with E-state index in [9.17, 15) is 4.39 Å². The van der Waals surface area contributed by atoms with Crippen LogP contribution in [-0.2, 0) is 6.54 Å². The molecule has 0 unspecified atom stereocenters. The number of anilines is 1. The van der Waals surface area contributed by atoms with Gasteiger partial charge in [0.05, 0.1) is 0 Å². The Morgan fingerprint density at radius 1 is 1.22 bits per heavy atom. The summed E-state index contributed by atoms with van der Waals surface area (Å²) in [6, 6.07) is 10.3. The van der Waals surface area contributed by atoms with Crippen molar-refractivity contribution in [3.05, 3.63) is 60.8 Å². The number of halogens is 4. The second kappa shape index (κ2) is 6.21. The Morgan fingerprint density at radius 2 is 2.00 bits per heavy atom. The fraction of sp³-hybridized carbons (Fsp3) is 0.0769. The van der Waals surface area contributed by atoms with Crippen LogP contribution in [0.25, 0.3) is 0 Å². The van der Waals surface area contributed by atoms with Crippen molar-refractivity contribution in [2.24, 2.45) is 0 Å². The van der Waals surface area contributed by atoms with E-state index in [1.54, 1.807) is 6.07 Å². The SMILES string of the molecule is Fc1ccc(NCc2ccc(Cl)cc2Br)c(I)c1. The molecule has 18 heavy (non-hydrogen) atoms. The highest BCUT2D eigenvalue weighted by Gasteiger charge is 2.04. The number of nitrogens with one attached hydrogen (secondary N) is 1. The maximum atomic E-state index is 13.0. The van der Waals surface area contributed by atoms with Gasteiger partial charge in [-0.3, -0.25) is 0 Å². The van der Waals surface area contributed by atoms with Crippen LogP contribution in [0.1, 0.15) is 5.56 Å². The molecule has 0 fully saturated rings. The van der Waals surface area contributed by atoms with Crippen LogP contribution in [0.15, 0.2) is 40.9 Å². The van der Waals surface area contributed by atoms with Gasteiger partial charge >= 0.3 is 0 Å². The molecule has 0 aromatic heterocycles. The fourth-order valence-corrected chi connectivity index (χ4v) is 2.98. The molecule has 1 nitrogen and oxygen atoms in total. The molecule has 5 heteroatoms. The number of hydrogen-bond acceptors (Lipinski definition) is 1. The van der Waals surface area contributed by atoms with Gasteiger partial charge in [0.2, 0.25) is 0 Å². The first-order chi connectivity index (χ1) is 8.56. The van der Waals surface area contributed by atoms with E-state index in [4.69, 9.17) is 11.6 Å². The zero-order valence-electron chi connectivity index (χ0n) is 9.18. The highest BCUT2D eigenvalue weighted by molar-refractivity contribution is 14.1. The summed E-state index contributed by atoms with van der Waals surface area (Å²) in [5.41, 5.74) is 2.01. The molecule has 0 bridgehead atoms. The van der Waals surface area contributed by atoms with E-state index in [2.05, 4.69) is 43.8 Å². The topological polar surface area (TPSA) is 12.0 Å². The van der Waals surface area contributed by atoms with Crippen molar-refractivity contribution in [1.29, 1.82) is 0 Å². The van der Waals surface area contributed by atoms with Crippen molar-refractivity contribution >= 4 is 55.8 Å². The zero-order chi connectivity index (χ0) is 13.1. The average Bonchev–Trinajstić information content (AvgIpc) is 2.30. The van der Waals surface area contributed by atoms with E-state index in [-0.39, 0.29) is 5.82 Å². The molecule has 0 atom stereocenters. The Kier molecular flexibility index (Phi) is 4.86. The molecule has 0 aliphatic carbocycles. The smallest absolute Gasteiger partial charge is 0.124 e. The molecule has 0 aliphatic rings. The van der Waals surface area contributed by atoms with Crippen molar-refractivity contribution < 1.29 is 4.39 Å². The quantitative estimate of drug-likeness (QED) is 0.625. The molecule has 1 N–H and O–H groups in total. The summed E-state index contributed by atoms with van der Waals surface area (Å²) in [4.78, 5) is 0. The van der Waals surface area contributed by atoms with Gasteiger partial charge in [-0.1, -0.05) is 33.6 Å². The lowest BCUT2D eigenvalue weighted by Crippen LogP contribution is -2.02. The predicted octanol–water partition coefficient (Wildman–Crippen LogP) is 5.46. The van der Waals surface area contributed by atoms with Crippen LogP contribution in [0.5, 0.6) is 0 Å². The Bertz CT molecular complexity index is 525. The molecule has 2 aromatic rings. The lowest BCUT2D eigenvalue weighted by Gasteiger charge is -2.10. The van der Waals surface area contributed by atoms with Crippen molar-refractivity contribution in [2.75, 3.05) is 5.32 Å². The summed E-state index contributed by atoms with van der Waals surface area (Å²) in [6.07, 6.45) is 0. The van der Waals surface area contributed by atoms with Gasteiger partial charge in [-0.25, -0.2) is 4.39 Å². The van der Waals surface area contributed by atoms with Crippen LogP contribution in [-0.4, -0.2) is 0 Å². The maximum Gasteiger partial charge on any atom is 0.124 e. The third-order valence-corrected chi connectivity index (χ3v) is 4.28. The van der Waals surface area contributed by atoms with Crippen molar-refractivity contribution in [2.45, 2.75) is 6.54 Å². The summed E-state index contributed by atoms with van der Waals surface area (Å²) < 4.78 is 14.8. The number of hydrogen-bond donors (Lipinski definition) is 1. The van der Waals surface area contributed by atoms with Crippen LogP contribution < -0.4 is 5.32 Å². The van der Waals surface area contributed by atoms with E-state index in [1.807, 2.05) is 18.2 Å². The van der Waals surface area contributed by atoms with Crippen LogP contribution in [0.3, 0.4) is 0 Å². The molecular weight excluding hydrogens is 431 g/mol. The molecule has 2 rings (SSSR count). The molecular formula is C13H9BrClFIN. The van der Waals surface area contributed by atoms with Gasteiger partial charge < -0.3 is 5.32 Å². The van der Waals surface area contributed by atoms with Gasteiger partial charge in [-0.2, -0.15) is 0 Å². The normalized spacial score (nSPS) is 10.4. The second-order valence-corrected chi connectivity index (χ2v) is 6.17. The van der Waals surface area contributed by atoms with Gasteiger partial charge in [0.15, 0.2) is 0 Å². The molecule has 94 valence electrons. The number of rotatable bonds is 3. The molecule has 0 heterocycles. The Hall–Kier alpha value is -0.330. The lowest BCUT2D eigenvalue weighted by molar-refractivity contribution is 0.627. The molecule has 0 amide bonds. The summed E-state index contributed by atoms with van der Waals surface area (Å²) in [7, 11) is 0. The Morgan fingerprint density at radius 3 is 2.67 bits per heavy atom. The summed E-state index contributed by atoms with van der Waals surface area (Å²) >= 11 is 11.5.